The lowest BCUT2D eigenvalue weighted by Crippen LogP contribution is -1.97. The molecule has 17 heavy (non-hydrogen) atoms. The van der Waals surface area contributed by atoms with Crippen LogP contribution in [-0.2, 0) is 6.54 Å². The standard InChI is InChI=1S/C15H14IN/c16-10-5-11-17-14-8-3-1-6-12(14)13-7-2-4-9-15(13)17/h1-4,6-9H,5,10-11H2. The molecule has 2 heteroatoms. The molecule has 0 amide bonds. The Hall–Kier alpha value is -1.03. The Morgan fingerprint density at radius 3 is 1.88 bits per heavy atom. The molecular weight excluding hydrogens is 321 g/mol. The van der Waals surface area contributed by atoms with Crippen molar-refractivity contribution in [1.82, 2.24) is 4.57 Å². The van der Waals surface area contributed by atoms with Gasteiger partial charge in [0.2, 0.25) is 0 Å². The fourth-order valence-corrected chi connectivity index (χ4v) is 2.80. The van der Waals surface area contributed by atoms with Crippen LogP contribution >= 0.6 is 22.6 Å². The summed E-state index contributed by atoms with van der Waals surface area (Å²) in [5.41, 5.74) is 2.72. The van der Waals surface area contributed by atoms with Crippen molar-refractivity contribution < 1.29 is 0 Å². The van der Waals surface area contributed by atoms with Gasteiger partial charge in [0.25, 0.3) is 0 Å². The van der Waals surface area contributed by atoms with Crippen LogP contribution in [0.4, 0.5) is 0 Å². The zero-order valence-electron chi connectivity index (χ0n) is 9.57. The number of hydrogen-bond acceptors (Lipinski definition) is 0. The highest BCUT2D eigenvalue weighted by atomic mass is 127. The second-order valence-corrected chi connectivity index (χ2v) is 5.31. The first kappa shape index (κ1) is 11.1. The number of rotatable bonds is 3. The fraction of sp³-hybridized carbons (Fsp3) is 0.200. The summed E-state index contributed by atoms with van der Waals surface area (Å²) in [4.78, 5) is 0. The molecule has 0 atom stereocenters. The Morgan fingerprint density at radius 2 is 1.35 bits per heavy atom. The maximum absolute atomic E-state index is 2.45. The monoisotopic (exact) mass is 335 g/mol. The summed E-state index contributed by atoms with van der Waals surface area (Å²) in [6.07, 6.45) is 1.23. The van der Waals surface area contributed by atoms with Gasteiger partial charge in [-0.25, -0.2) is 0 Å². The molecular formula is C15H14IN. The molecule has 0 fully saturated rings. The van der Waals surface area contributed by atoms with E-state index in [9.17, 15) is 0 Å². The predicted octanol–water partition coefficient (Wildman–Crippen LogP) is 4.62. The zero-order chi connectivity index (χ0) is 11.7. The minimum absolute atomic E-state index is 1.11. The third-order valence-electron chi connectivity index (χ3n) is 3.20. The fourth-order valence-electron chi connectivity index (χ4n) is 2.46. The molecule has 0 unspecified atom stereocenters. The number of hydrogen-bond donors (Lipinski definition) is 0. The van der Waals surface area contributed by atoms with E-state index in [1.54, 1.807) is 0 Å². The molecule has 2 aromatic carbocycles. The Labute approximate surface area is 115 Å². The minimum atomic E-state index is 1.11. The van der Waals surface area contributed by atoms with Gasteiger partial charge in [-0.3, -0.25) is 0 Å². The molecule has 1 nitrogen and oxygen atoms in total. The molecule has 0 aliphatic heterocycles. The van der Waals surface area contributed by atoms with Crippen LogP contribution in [0.25, 0.3) is 21.8 Å². The molecule has 0 aliphatic rings. The third-order valence-corrected chi connectivity index (χ3v) is 3.96. The minimum Gasteiger partial charge on any atom is -0.340 e. The van der Waals surface area contributed by atoms with E-state index < -0.39 is 0 Å². The SMILES string of the molecule is ICCCn1c2ccccc2c2ccccc21. The van der Waals surface area contributed by atoms with Crippen LogP contribution in [-0.4, -0.2) is 8.99 Å². The molecule has 0 aliphatic carbocycles. The molecule has 3 rings (SSSR count). The van der Waals surface area contributed by atoms with E-state index in [0.29, 0.717) is 0 Å². The van der Waals surface area contributed by atoms with E-state index in [0.717, 1.165) is 6.54 Å². The molecule has 0 saturated heterocycles. The van der Waals surface area contributed by atoms with Gasteiger partial charge in [-0.05, 0) is 18.6 Å². The van der Waals surface area contributed by atoms with Crippen LogP contribution in [0.1, 0.15) is 6.42 Å². The number of aromatic nitrogens is 1. The van der Waals surface area contributed by atoms with E-state index >= 15 is 0 Å². The van der Waals surface area contributed by atoms with Crippen molar-refractivity contribution in [3.63, 3.8) is 0 Å². The molecule has 1 aromatic heterocycles. The van der Waals surface area contributed by atoms with Crippen LogP contribution in [0.2, 0.25) is 0 Å². The van der Waals surface area contributed by atoms with Crippen LogP contribution < -0.4 is 0 Å². The Kier molecular flexibility index (Phi) is 3.05. The first-order valence-electron chi connectivity index (χ1n) is 5.94. The summed E-state index contributed by atoms with van der Waals surface area (Å²) >= 11 is 2.45. The van der Waals surface area contributed by atoms with Gasteiger partial charge in [-0.2, -0.15) is 0 Å². The maximum Gasteiger partial charge on any atom is 0.0491 e. The highest BCUT2D eigenvalue weighted by Gasteiger charge is 2.08. The first-order chi connectivity index (χ1) is 8.42. The van der Waals surface area contributed by atoms with Gasteiger partial charge in [0, 0.05) is 32.8 Å². The number of nitrogens with zero attached hydrogens (tertiary/aromatic N) is 1. The summed E-state index contributed by atoms with van der Waals surface area (Å²) in [5.74, 6) is 0. The first-order valence-corrected chi connectivity index (χ1v) is 7.46. The zero-order valence-corrected chi connectivity index (χ0v) is 11.7. The van der Waals surface area contributed by atoms with Crippen molar-refractivity contribution in [2.45, 2.75) is 13.0 Å². The van der Waals surface area contributed by atoms with Crippen LogP contribution in [0.5, 0.6) is 0 Å². The third kappa shape index (κ3) is 1.84. The Balaban J connectivity index is 2.33. The van der Waals surface area contributed by atoms with Gasteiger partial charge < -0.3 is 4.57 Å². The number of fused-ring (bicyclic) bond motifs is 3. The lowest BCUT2D eigenvalue weighted by atomic mass is 10.2. The van der Waals surface area contributed by atoms with Crippen LogP contribution in [0, 0.1) is 0 Å². The highest BCUT2D eigenvalue weighted by Crippen LogP contribution is 2.28. The topological polar surface area (TPSA) is 4.93 Å². The second kappa shape index (κ2) is 4.69. The smallest absolute Gasteiger partial charge is 0.0491 e. The van der Waals surface area contributed by atoms with Gasteiger partial charge in [0.15, 0.2) is 0 Å². The second-order valence-electron chi connectivity index (χ2n) is 4.23. The molecule has 3 aromatic rings. The van der Waals surface area contributed by atoms with E-state index in [4.69, 9.17) is 0 Å². The van der Waals surface area contributed by atoms with Gasteiger partial charge in [-0.15, -0.1) is 0 Å². The lowest BCUT2D eigenvalue weighted by Gasteiger charge is -2.05. The van der Waals surface area contributed by atoms with Crippen molar-refractivity contribution in [1.29, 1.82) is 0 Å². The number of alkyl halides is 1. The molecule has 0 N–H and O–H groups in total. The number of aryl methyl sites for hydroxylation is 1. The average molecular weight is 335 g/mol. The van der Waals surface area contributed by atoms with Gasteiger partial charge in [-0.1, -0.05) is 59.0 Å². The number of halogens is 1. The summed E-state index contributed by atoms with van der Waals surface area (Å²) in [6, 6.07) is 17.4. The van der Waals surface area contributed by atoms with Crippen molar-refractivity contribution in [2.24, 2.45) is 0 Å². The number of para-hydroxylation sites is 2. The maximum atomic E-state index is 2.45. The van der Waals surface area contributed by atoms with Gasteiger partial charge in [0.05, 0.1) is 0 Å². The van der Waals surface area contributed by atoms with Crippen molar-refractivity contribution in [3.05, 3.63) is 48.5 Å². The quantitative estimate of drug-likeness (QED) is 0.486. The molecule has 0 bridgehead atoms. The van der Waals surface area contributed by atoms with E-state index in [-0.39, 0.29) is 0 Å². The average Bonchev–Trinajstić information content (AvgIpc) is 2.71. The summed E-state index contributed by atoms with van der Waals surface area (Å²) in [5, 5.41) is 2.74. The van der Waals surface area contributed by atoms with Gasteiger partial charge in [0.1, 0.15) is 0 Å². The summed E-state index contributed by atoms with van der Waals surface area (Å²) < 4.78 is 3.65. The van der Waals surface area contributed by atoms with E-state index in [1.807, 2.05) is 0 Å². The predicted molar refractivity (Wildman–Crippen MR) is 82.9 cm³/mol. The number of benzene rings is 2. The van der Waals surface area contributed by atoms with Gasteiger partial charge >= 0.3 is 0 Å². The molecule has 1 heterocycles. The van der Waals surface area contributed by atoms with E-state index in [1.165, 1.54) is 32.7 Å². The normalized spacial score (nSPS) is 11.4. The lowest BCUT2D eigenvalue weighted by molar-refractivity contribution is 0.735. The highest BCUT2D eigenvalue weighted by molar-refractivity contribution is 14.1. The van der Waals surface area contributed by atoms with Crippen LogP contribution in [0.3, 0.4) is 0 Å². The van der Waals surface area contributed by atoms with E-state index in [2.05, 4.69) is 75.7 Å². The molecule has 0 radical (unpaired) electrons. The summed E-state index contributed by atoms with van der Waals surface area (Å²) in [6.45, 7) is 1.11. The van der Waals surface area contributed by atoms with Crippen molar-refractivity contribution in [2.75, 3.05) is 4.43 Å². The van der Waals surface area contributed by atoms with Crippen molar-refractivity contribution in [3.8, 4) is 0 Å². The molecule has 86 valence electrons. The molecule has 0 spiro atoms. The largest absolute Gasteiger partial charge is 0.340 e. The Morgan fingerprint density at radius 1 is 0.824 bits per heavy atom. The Bertz CT molecular complexity index is 601. The van der Waals surface area contributed by atoms with Crippen molar-refractivity contribution >= 4 is 44.4 Å². The molecule has 0 saturated carbocycles. The van der Waals surface area contributed by atoms with Crippen LogP contribution in [0.15, 0.2) is 48.5 Å². The summed E-state index contributed by atoms with van der Waals surface area (Å²) in [7, 11) is 0.